The third-order valence-electron chi connectivity index (χ3n) is 8.42. The Balaban J connectivity index is 1.29. The van der Waals surface area contributed by atoms with Crippen LogP contribution in [0.5, 0.6) is 0 Å². The van der Waals surface area contributed by atoms with Crippen LogP contribution < -0.4 is 21.2 Å². The van der Waals surface area contributed by atoms with Crippen LogP contribution in [0.15, 0.2) is 115 Å². The fraction of sp³-hybridized carbons (Fsp3) is 0. The van der Waals surface area contributed by atoms with E-state index < -0.39 is 0 Å². The molecular formula is C38H19IN3S-. The number of fused-ring (bicyclic) bond motifs is 9. The number of hydrogen-bond acceptors (Lipinski definition) is 3. The number of para-hydroxylation sites is 3. The SMILES string of the molecule is N#Cc1ccc2sc3cc4c(cc3c2c1)-c1cc(-c2cccc(C#N)c2-n2c3ccccc3c3ccccc32)ccc1[I-]4. The molecule has 0 saturated heterocycles. The van der Waals surface area contributed by atoms with Crippen LogP contribution in [0, 0.1) is 29.8 Å². The Morgan fingerprint density at radius 1 is 0.558 bits per heavy atom. The number of thiophene rings is 1. The first-order valence-electron chi connectivity index (χ1n) is 13.9. The van der Waals surface area contributed by atoms with Gasteiger partial charge < -0.3 is 0 Å². The monoisotopic (exact) mass is 676 g/mol. The van der Waals surface area contributed by atoms with E-state index in [9.17, 15) is 10.5 Å². The Morgan fingerprint density at radius 2 is 1.30 bits per heavy atom. The Bertz CT molecular complexity index is 2520. The van der Waals surface area contributed by atoms with Gasteiger partial charge in [0.2, 0.25) is 0 Å². The van der Waals surface area contributed by atoms with E-state index in [0.29, 0.717) is 11.1 Å². The number of halogens is 1. The third-order valence-corrected chi connectivity index (χ3v) is 12.5. The quantitative estimate of drug-likeness (QED) is 0.192. The Hall–Kier alpha value is -4.95. The van der Waals surface area contributed by atoms with Gasteiger partial charge in [0, 0.05) is 0 Å². The van der Waals surface area contributed by atoms with Gasteiger partial charge in [0.15, 0.2) is 0 Å². The van der Waals surface area contributed by atoms with Gasteiger partial charge in [0.05, 0.1) is 0 Å². The van der Waals surface area contributed by atoms with Crippen molar-refractivity contribution < 1.29 is 21.2 Å². The van der Waals surface area contributed by atoms with Gasteiger partial charge in [-0.15, -0.1) is 0 Å². The van der Waals surface area contributed by atoms with Crippen LogP contribution in [0.25, 0.3) is 69.9 Å². The van der Waals surface area contributed by atoms with Crippen LogP contribution in [0.2, 0.25) is 0 Å². The van der Waals surface area contributed by atoms with Crippen molar-refractivity contribution in [3.05, 3.63) is 134 Å². The molecule has 0 unspecified atom stereocenters. The van der Waals surface area contributed by atoms with Gasteiger partial charge in [-0.05, 0) is 0 Å². The molecule has 2 aromatic heterocycles. The molecule has 8 aromatic rings. The predicted octanol–water partition coefficient (Wildman–Crippen LogP) is 6.67. The van der Waals surface area contributed by atoms with E-state index in [-0.39, 0.29) is 21.2 Å². The van der Waals surface area contributed by atoms with Gasteiger partial charge >= 0.3 is 263 Å². The minimum atomic E-state index is -0.300. The van der Waals surface area contributed by atoms with Gasteiger partial charge in [-0.2, -0.15) is 0 Å². The summed E-state index contributed by atoms with van der Waals surface area (Å²) in [4.78, 5) is 0. The molecule has 9 rings (SSSR count). The molecule has 6 aromatic carbocycles. The van der Waals surface area contributed by atoms with E-state index in [1.165, 1.54) is 43.8 Å². The van der Waals surface area contributed by atoms with Crippen LogP contribution in [0.4, 0.5) is 0 Å². The standard InChI is InChI=1S/C38H19IN3S/c40-20-22-12-15-36-30(16-22)31-18-29-28-17-23(13-14-32(28)39-33(29)19-37(31)43-36)25-9-5-6-24(21-41)38(25)42-34-10-3-1-7-26(34)27-8-2-4-11-35(27)42/h1-19H/q-1. The van der Waals surface area contributed by atoms with E-state index in [2.05, 4.69) is 108 Å². The molecule has 0 aliphatic carbocycles. The fourth-order valence-electron chi connectivity index (χ4n) is 6.51. The van der Waals surface area contributed by atoms with Crippen LogP contribution >= 0.6 is 11.3 Å². The summed E-state index contributed by atoms with van der Waals surface area (Å²) in [6, 6.07) is 45.3. The Kier molecular flexibility index (Phi) is 5.31. The van der Waals surface area contributed by atoms with Gasteiger partial charge in [0.1, 0.15) is 0 Å². The zero-order valence-electron chi connectivity index (χ0n) is 22.6. The zero-order chi connectivity index (χ0) is 28.7. The van der Waals surface area contributed by atoms with Crippen molar-refractivity contribution in [2.75, 3.05) is 0 Å². The van der Waals surface area contributed by atoms with Crippen molar-refractivity contribution in [3.63, 3.8) is 0 Å². The van der Waals surface area contributed by atoms with Crippen LogP contribution in [0.3, 0.4) is 0 Å². The van der Waals surface area contributed by atoms with E-state index >= 15 is 0 Å². The molecule has 0 N–H and O–H groups in total. The normalized spacial score (nSPS) is 12.2. The molecule has 3 nitrogen and oxygen atoms in total. The van der Waals surface area contributed by atoms with Crippen LogP contribution in [-0.4, -0.2) is 4.57 Å². The first kappa shape index (κ1) is 24.6. The second-order valence-electron chi connectivity index (χ2n) is 10.7. The van der Waals surface area contributed by atoms with E-state index in [1.807, 2.05) is 24.3 Å². The number of rotatable bonds is 2. The van der Waals surface area contributed by atoms with Crippen molar-refractivity contribution in [1.82, 2.24) is 4.57 Å². The molecule has 3 heterocycles. The molecule has 1 aliphatic heterocycles. The summed E-state index contributed by atoms with van der Waals surface area (Å²) in [6.07, 6.45) is 0. The molecule has 0 atom stereocenters. The minimum absolute atomic E-state index is 0.300. The average Bonchev–Trinajstić information content (AvgIpc) is 3.71. The number of benzene rings is 6. The number of aromatic nitrogens is 1. The van der Waals surface area contributed by atoms with Crippen molar-refractivity contribution in [1.29, 1.82) is 10.5 Å². The summed E-state index contributed by atoms with van der Waals surface area (Å²) < 4.78 is 7.63. The summed E-state index contributed by atoms with van der Waals surface area (Å²) in [7, 11) is 0. The van der Waals surface area contributed by atoms with Crippen LogP contribution in [-0.2, 0) is 0 Å². The maximum atomic E-state index is 10.3. The molecular weight excluding hydrogens is 657 g/mol. The molecule has 0 spiro atoms. The van der Waals surface area contributed by atoms with Gasteiger partial charge in [-0.1, -0.05) is 0 Å². The van der Waals surface area contributed by atoms with Gasteiger partial charge in [0.25, 0.3) is 0 Å². The number of nitriles is 2. The molecule has 5 heteroatoms. The molecule has 1 aliphatic rings. The van der Waals surface area contributed by atoms with E-state index in [1.54, 1.807) is 11.3 Å². The van der Waals surface area contributed by atoms with Gasteiger partial charge in [-0.25, -0.2) is 0 Å². The number of nitrogens with zero attached hydrogens (tertiary/aromatic N) is 3. The fourth-order valence-corrected chi connectivity index (χ4v) is 10.8. The second kappa shape index (κ2) is 9.28. The predicted molar refractivity (Wildman–Crippen MR) is 171 cm³/mol. The van der Waals surface area contributed by atoms with E-state index in [0.717, 1.165) is 33.2 Å². The Labute approximate surface area is 261 Å². The van der Waals surface area contributed by atoms with Crippen molar-refractivity contribution in [3.8, 4) is 40.1 Å². The topological polar surface area (TPSA) is 52.5 Å². The first-order chi connectivity index (χ1) is 21.2. The van der Waals surface area contributed by atoms with E-state index in [4.69, 9.17) is 0 Å². The summed E-state index contributed by atoms with van der Waals surface area (Å²) in [5.41, 5.74) is 9.17. The molecule has 0 radical (unpaired) electrons. The van der Waals surface area contributed by atoms with Crippen molar-refractivity contribution >= 4 is 53.3 Å². The molecule has 0 saturated carbocycles. The van der Waals surface area contributed by atoms with Crippen molar-refractivity contribution in [2.24, 2.45) is 0 Å². The Morgan fingerprint density at radius 3 is 2.07 bits per heavy atom. The van der Waals surface area contributed by atoms with Crippen molar-refractivity contribution in [2.45, 2.75) is 0 Å². The summed E-state index contributed by atoms with van der Waals surface area (Å²) in [6.45, 7) is 0. The summed E-state index contributed by atoms with van der Waals surface area (Å²) >= 11 is 1.51. The first-order valence-corrected chi connectivity index (χ1v) is 16.9. The molecule has 0 fully saturated rings. The van der Waals surface area contributed by atoms with Gasteiger partial charge in [-0.3, -0.25) is 0 Å². The summed E-state index contributed by atoms with van der Waals surface area (Å²) in [5, 5.41) is 24.6. The molecule has 0 bridgehead atoms. The number of hydrogen-bond donors (Lipinski definition) is 0. The van der Waals surface area contributed by atoms with Crippen LogP contribution in [0.1, 0.15) is 11.1 Å². The maximum absolute atomic E-state index is 10.3. The molecule has 200 valence electrons. The zero-order valence-corrected chi connectivity index (χ0v) is 25.6. The second-order valence-corrected chi connectivity index (χ2v) is 14.7. The summed E-state index contributed by atoms with van der Waals surface area (Å²) in [5.74, 6) is 0. The average molecular weight is 677 g/mol. The molecule has 43 heavy (non-hydrogen) atoms. The molecule has 0 amide bonds. The third kappa shape index (κ3) is 3.56.